The number of nitrogens with zero attached hydrogens (tertiary/aromatic N) is 1. The molecule has 1 N–H and O–H groups in total. The minimum atomic E-state index is -0.660. The van der Waals surface area contributed by atoms with Crippen LogP contribution in [0.2, 0.25) is 0 Å². The molecule has 1 aliphatic heterocycles. The highest BCUT2D eigenvalue weighted by molar-refractivity contribution is 6.00. The summed E-state index contributed by atoms with van der Waals surface area (Å²) in [6.07, 6.45) is 5.60. The first-order valence-corrected chi connectivity index (χ1v) is 8.46. The zero-order valence-electron chi connectivity index (χ0n) is 13.7. The highest BCUT2D eigenvalue weighted by Gasteiger charge is 2.57. The van der Waals surface area contributed by atoms with Crippen LogP contribution >= 0.6 is 0 Å². The lowest BCUT2D eigenvalue weighted by atomic mass is 9.85. The van der Waals surface area contributed by atoms with Crippen molar-refractivity contribution in [2.24, 2.45) is 17.3 Å². The summed E-state index contributed by atoms with van der Waals surface area (Å²) in [7, 11) is 0. The lowest BCUT2D eigenvalue weighted by Gasteiger charge is -2.47. The molecule has 3 fully saturated rings. The van der Waals surface area contributed by atoms with Gasteiger partial charge in [0, 0.05) is 6.54 Å². The summed E-state index contributed by atoms with van der Waals surface area (Å²) >= 11 is 0. The number of hydrogen-bond donors (Lipinski definition) is 1. The van der Waals surface area contributed by atoms with Gasteiger partial charge in [0.25, 0.3) is 0 Å². The quantitative estimate of drug-likeness (QED) is 0.845. The van der Waals surface area contributed by atoms with Crippen LogP contribution < -0.4 is 5.32 Å². The molecule has 21 heavy (non-hydrogen) atoms. The van der Waals surface area contributed by atoms with Crippen molar-refractivity contribution in [3.8, 4) is 0 Å². The summed E-state index contributed by atoms with van der Waals surface area (Å²) < 4.78 is 0. The molecule has 4 heteroatoms. The van der Waals surface area contributed by atoms with Gasteiger partial charge in [0.1, 0.15) is 11.6 Å². The van der Waals surface area contributed by atoms with Gasteiger partial charge in [-0.1, -0.05) is 20.8 Å². The fraction of sp³-hybridized carbons (Fsp3) is 0.882. The molecule has 1 heterocycles. The van der Waals surface area contributed by atoms with Gasteiger partial charge in [0.05, 0.1) is 0 Å². The summed E-state index contributed by atoms with van der Waals surface area (Å²) in [6, 6.07) is -0.298. The van der Waals surface area contributed by atoms with E-state index in [9.17, 15) is 9.59 Å². The molecule has 3 rings (SSSR count). The number of carbonyl (C=O) groups excluding carboxylic acids is 2. The average Bonchev–Trinajstić information content (AvgIpc) is 3.28. The monoisotopic (exact) mass is 292 g/mol. The molecule has 0 aromatic rings. The summed E-state index contributed by atoms with van der Waals surface area (Å²) in [5.74, 6) is 0.695. The van der Waals surface area contributed by atoms with Crippen LogP contribution in [0.3, 0.4) is 0 Å². The molecule has 3 aliphatic rings. The molecule has 0 radical (unpaired) electrons. The normalized spacial score (nSPS) is 35.1. The Morgan fingerprint density at radius 3 is 2.33 bits per heavy atom. The Morgan fingerprint density at radius 1 is 1.29 bits per heavy atom. The first-order valence-electron chi connectivity index (χ1n) is 8.46. The molecule has 0 aromatic carbocycles. The largest absolute Gasteiger partial charge is 0.340 e. The Balaban J connectivity index is 1.89. The van der Waals surface area contributed by atoms with Gasteiger partial charge in [0.2, 0.25) is 11.8 Å². The second-order valence-electron chi connectivity index (χ2n) is 7.94. The van der Waals surface area contributed by atoms with Crippen molar-refractivity contribution in [1.29, 1.82) is 0 Å². The zero-order valence-corrected chi connectivity index (χ0v) is 13.7. The summed E-state index contributed by atoms with van der Waals surface area (Å²) in [4.78, 5) is 27.7. The molecular weight excluding hydrogens is 264 g/mol. The molecule has 0 aromatic heterocycles. The topological polar surface area (TPSA) is 49.4 Å². The van der Waals surface area contributed by atoms with E-state index in [4.69, 9.17) is 0 Å². The predicted molar refractivity (Wildman–Crippen MR) is 81.6 cm³/mol. The van der Waals surface area contributed by atoms with E-state index in [1.54, 1.807) is 0 Å². The molecule has 0 bridgehead atoms. The predicted octanol–water partition coefficient (Wildman–Crippen LogP) is 2.33. The van der Waals surface area contributed by atoms with E-state index in [1.807, 2.05) is 25.7 Å². The van der Waals surface area contributed by atoms with E-state index in [2.05, 4.69) is 12.2 Å². The van der Waals surface area contributed by atoms with Gasteiger partial charge < -0.3 is 10.2 Å². The molecule has 0 spiro atoms. The number of piperazine rings is 1. The van der Waals surface area contributed by atoms with Crippen LogP contribution in [0.25, 0.3) is 0 Å². The van der Waals surface area contributed by atoms with Gasteiger partial charge in [-0.25, -0.2) is 0 Å². The third-order valence-electron chi connectivity index (χ3n) is 5.93. The molecule has 4 nitrogen and oxygen atoms in total. The van der Waals surface area contributed by atoms with Crippen molar-refractivity contribution in [1.82, 2.24) is 10.2 Å². The van der Waals surface area contributed by atoms with Gasteiger partial charge >= 0.3 is 0 Å². The number of hydrogen-bond acceptors (Lipinski definition) is 2. The Morgan fingerprint density at radius 2 is 1.90 bits per heavy atom. The first kappa shape index (κ1) is 14.9. The van der Waals surface area contributed by atoms with Crippen molar-refractivity contribution in [3.05, 3.63) is 0 Å². The number of amides is 2. The maximum absolute atomic E-state index is 13.1. The maximum Gasteiger partial charge on any atom is 0.249 e. The molecule has 2 atom stereocenters. The smallest absolute Gasteiger partial charge is 0.249 e. The van der Waals surface area contributed by atoms with E-state index in [-0.39, 0.29) is 29.2 Å². The third kappa shape index (κ3) is 2.36. The van der Waals surface area contributed by atoms with Gasteiger partial charge in [-0.3, -0.25) is 9.59 Å². The molecule has 2 aliphatic carbocycles. The van der Waals surface area contributed by atoms with E-state index in [0.29, 0.717) is 5.92 Å². The van der Waals surface area contributed by atoms with Crippen LogP contribution in [0.4, 0.5) is 0 Å². The molecule has 1 saturated heterocycles. The SMILES string of the molecule is CCC1(CN2C(=O)C(C)(C3CC3)NC(=O)C2C(C)C)CC1. The Kier molecular flexibility index (Phi) is 3.34. The fourth-order valence-electron chi connectivity index (χ4n) is 3.88. The number of rotatable bonds is 5. The summed E-state index contributed by atoms with van der Waals surface area (Å²) in [5.41, 5.74) is -0.378. The highest BCUT2D eigenvalue weighted by atomic mass is 16.2. The second-order valence-corrected chi connectivity index (χ2v) is 7.94. The van der Waals surface area contributed by atoms with Crippen molar-refractivity contribution >= 4 is 11.8 Å². The third-order valence-corrected chi connectivity index (χ3v) is 5.93. The van der Waals surface area contributed by atoms with E-state index in [1.165, 1.54) is 12.8 Å². The lowest BCUT2D eigenvalue weighted by molar-refractivity contribution is -0.158. The Labute approximate surface area is 127 Å². The van der Waals surface area contributed by atoms with Crippen molar-refractivity contribution in [2.45, 2.75) is 71.4 Å². The molecule has 118 valence electrons. The van der Waals surface area contributed by atoms with Gasteiger partial charge in [0.15, 0.2) is 0 Å². The Bertz CT molecular complexity index is 465. The average molecular weight is 292 g/mol. The zero-order chi connectivity index (χ0) is 15.4. The Hall–Kier alpha value is -1.06. The fourth-order valence-corrected chi connectivity index (χ4v) is 3.88. The number of nitrogens with one attached hydrogen (secondary N) is 1. The standard InChI is InChI=1S/C17H28N2O2/c1-5-17(8-9-17)10-19-13(11(2)3)14(20)18-16(4,15(19)21)12-6-7-12/h11-13H,5-10H2,1-4H3,(H,18,20). The molecule has 2 amide bonds. The van der Waals surface area contributed by atoms with Gasteiger partial charge in [-0.05, 0) is 56.3 Å². The van der Waals surface area contributed by atoms with Gasteiger partial charge in [-0.2, -0.15) is 0 Å². The van der Waals surface area contributed by atoms with Crippen LogP contribution in [-0.4, -0.2) is 34.8 Å². The van der Waals surface area contributed by atoms with Crippen molar-refractivity contribution in [3.63, 3.8) is 0 Å². The van der Waals surface area contributed by atoms with Crippen LogP contribution in [0.5, 0.6) is 0 Å². The van der Waals surface area contributed by atoms with Crippen molar-refractivity contribution < 1.29 is 9.59 Å². The van der Waals surface area contributed by atoms with E-state index < -0.39 is 5.54 Å². The highest BCUT2D eigenvalue weighted by Crippen LogP contribution is 2.51. The summed E-state index contributed by atoms with van der Waals surface area (Å²) in [6.45, 7) is 8.97. The summed E-state index contributed by atoms with van der Waals surface area (Å²) in [5, 5.41) is 3.06. The maximum atomic E-state index is 13.1. The van der Waals surface area contributed by atoms with Crippen LogP contribution in [-0.2, 0) is 9.59 Å². The molecular formula is C17H28N2O2. The molecule has 2 saturated carbocycles. The number of carbonyl (C=O) groups is 2. The van der Waals surface area contributed by atoms with Crippen LogP contribution in [0, 0.1) is 17.3 Å². The van der Waals surface area contributed by atoms with Crippen LogP contribution in [0.15, 0.2) is 0 Å². The minimum absolute atomic E-state index is 0.0471. The van der Waals surface area contributed by atoms with E-state index in [0.717, 1.165) is 25.8 Å². The lowest BCUT2D eigenvalue weighted by Crippen LogP contribution is -2.71. The minimum Gasteiger partial charge on any atom is -0.340 e. The second kappa shape index (κ2) is 4.72. The van der Waals surface area contributed by atoms with Crippen LogP contribution in [0.1, 0.15) is 59.8 Å². The molecule has 2 unspecified atom stereocenters. The van der Waals surface area contributed by atoms with Gasteiger partial charge in [-0.15, -0.1) is 0 Å². The van der Waals surface area contributed by atoms with E-state index >= 15 is 0 Å². The first-order chi connectivity index (χ1) is 9.83. The van der Waals surface area contributed by atoms with Crippen molar-refractivity contribution in [2.75, 3.05) is 6.54 Å².